The van der Waals surface area contributed by atoms with Crippen LogP contribution in [0.5, 0.6) is 0 Å². The van der Waals surface area contributed by atoms with E-state index in [9.17, 15) is 4.79 Å². The van der Waals surface area contributed by atoms with Gasteiger partial charge in [0.25, 0.3) is 0 Å². The summed E-state index contributed by atoms with van der Waals surface area (Å²) in [5, 5.41) is 2.10. The molecule has 1 atom stereocenters. The third kappa shape index (κ3) is 3.19. The normalized spacial score (nSPS) is 24.0. The Bertz CT molecular complexity index is 369. The maximum atomic E-state index is 11.4. The number of aldehydes is 1. The number of hydrogen-bond donors (Lipinski definition) is 0. The second-order valence-electron chi connectivity index (χ2n) is 5.36. The number of carbonyl (C=O) groups excluding carboxylic acids is 1. The lowest BCUT2D eigenvalue weighted by Crippen LogP contribution is -2.42. The molecule has 1 unspecified atom stereocenters. The Balaban J connectivity index is 2.03. The molecule has 0 amide bonds. The lowest BCUT2D eigenvalue weighted by atomic mass is 9.88. The van der Waals surface area contributed by atoms with Crippen molar-refractivity contribution < 1.29 is 9.53 Å². The minimum absolute atomic E-state index is 0.290. The Labute approximate surface area is 113 Å². The molecule has 2 rings (SSSR count). The molecule has 1 aromatic rings. The molecule has 2 heterocycles. The highest BCUT2D eigenvalue weighted by molar-refractivity contribution is 7.09. The van der Waals surface area contributed by atoms with E-state index >= 15 is 0 Å². The molecule has 1 aliphatic heterocycles. The Morgan fingerprint density at radius 1 is 1.61 bits per heavy atom. The first-order chi connectivity index (χ1) is 8.65. The summed E-state index contributed by atoms with van der Waals surface area (Å²) < 4.78 is 5.41. The average molecular weight is 267 g/mol. The van der Waals surface area contributed by atoms with Gasteiger partial charge in [-0.2, -0.15) is 0 Å². The van der Waals surface area contributed by atoms with Crippen LogP contribution in [0.4, 0.5) is 0 Å². The quantitative estimate of drug-likeness (QED) is 0.742. The van der Waals surface area contributed by atoms with E-state index in [4.69, 9.17) is 4.74 Å². The maximum absolute atomic E-state index is 11.4. The molecule has 100 valence electrons. The van der Waals surface area contributed by atoms with Crippen LogP contribution >= 0.6 is 11.3 Å². The van der Waals surface area contributed by atoms with Gasteiger partial charge in [0.2, 0.25) is 0 Å². The summed E-state index contributed by atoms with van der Waals surface area (Å²) in [4.78, 5) is 15.1. The fourth-order valence-electron chi connectivity index (χ4n) is 2.31. The van der Waals surface area contributed by atoms with E-state index in [1.165, 1.54) is 4.88 Å². The van der Waals surface area contributed by atoms with Gasteiger partial charge in [0.1, 0.15) is 6.29 Å². The largest absolute Gasteiger partial charge is 0.380 e. The minimum Gasteiger partial charge on any atom is -0.380 e. The molecule has 1 saturated heterocycles. The van der Waals surface area contributed by atoms with E-state index in [2.05, 4.69) is 36.3 Å². The molecule has 0 saturated carbocycles. The third-order valence-electron chi connectivity index (χ3n) is 3.57. The second kappa shape index (κ2) is 5.95. The Hall–Kier alpha value is -0.710. The molecule has 3 nitrogen and oxygen atoms in total. The molecule has 18 heavy (non-hydrogen) atoms. The highest BCUT2D eigenvalue weighted by Gasteiger charge is 2.37. The predicted octanol–water partition coefficient (Wildman–Crippen LogP) is 2.56. The average Bonchev–Trinajstić information content (AvgIpc) is 3.00. The van der Waals surface area contributed by atoms with E-state index < -0.39 is 0 Å². The van der Waals surface area contributed by atoms with Crippen LogP contribution in [-0.2, 0) is 16.1 Å². The van der Waals surface area contributed by atoms with Crippen molar-refractivity contribution >= 4 is 17.6 Å². The molecule has 1 aromatic heterocycles. The zero-order valence-corrected chi connectivity index (χ0v) is 11.9. The second-order valence-corrected chi connectivity index (χ2v) is 6.39. The number of ether oxygens (including phenoxy) is 1. The molecule has 1 fully saturated rings. The van der Waals surface area contributed by atoms with Gasteiger partial charge in [-0.3, -0.25) is 4.90 Å². The first-order valence-electron chi connectivity index (χ1n) is 6.46. The third-order valence-corrected chi connectivity index (χ3v) is 4.43. The molecule has 0 radical (unpaired) electrons. The Morgan fingerprint density at radius 3 is 2.94 bits per heavy atom. The molecular formula is C14H21NO2S. The molecule has 0 N–H and O–H groups in total. The fourth-order valence-corrected chi connectivity index (χ4v) is 3.04. The van der Waals surface area contributed by atoms with Gasteiger partial charge < -0.3 is 9.53 Å². The van der Waals surface area contributed by atoms with E-state index in [1.807, 2.05) is 0 Å². The lowest BCUT2D eigenvalue weighted by Gasteiger charge is -2.32. The standard InChI is InChI=1S/C14H21NO2S/c1-12(2)15(8-13-4-3-7-18-13)9-14(10-16)5-6-17-11-14/h3-4,7,10,12H,5-6,8-9,11H2,1-2H3. The summed E-state index contributed by atoms with van der Waals surface area (Å²) in [6.45, 7) is 7.37. The van der Waals surface area contributed by atoms with Gasteiger partial charge in [-0.25, -0.2) is 0 Å². The Morgan fingerprint density at radius 2 is 2.44 bits per heavy atom. The smallest absolute Gasteiger partial charge is 0.129 e. The first kappa shape index (κ1) is 13.7. The maximum Gasteiger partial charge on any atom is 0.129 e. The van der Waals surface area contributed by atoms with Gasteiger partial charge in [0.15, 0.2) is 0 Å². The molecular weight excluding hydrogens is 246 g/mol. The van der Waals surface area contributed by atoms with Crippen LogP contribution in [0.1, 0.15) is 25.1 Å². The molecule has 4 heteroatoms. The molecule has 0 spiro atoms. The summed E-state index contributed by atoms with van der Waals surface area (Å²) in [6.07, 6.45) is 1.95. The number of thiophene rings is 1. The number of rotatable bonds is 6. The lowest BCUT2D eigenvalue weighted by molar-refractivity contribution is -0.117. The summed E-state index contributed by atoms with van der Waals surface area (Å²) >= 11 is 1.77. The summed E-state index contributed by atoms with van der Waals surface area (Å²) in [6, 6.07) is 4.66. The van der Waals surface area contributed by atoms with Crippen molar-refractivity contribution in [2.24, 2.45) is 5.41 Å². The predicted molar refractivity (Wildman–Crippen MR) is 73.8 cm³/mol. The van der Waals surface area contributed by atoms with E-state index in [1.54, 1.807) is 11.3 Å². The topological polar surface area (TPSA) is 29.5 Å². The molecule has 0 bridgehead atoms. The highest BCUT2D eigenvalue weighted by Crippen LogP contribution is 2.29. The number of hydrogen-bond acceptors (Lipinski definition) is 4. The van der Waals surface area contributed by atoms with Crippen LogP contribution in [0.25, 0.3) is 0 Å². The van der Waals surface area contributed by atoms with E-state index in [-0.39, 0.29) is 5.41 Å². The van der Waals surface area contributed by atoms with Gasteiger partial charge in [-0.1, -0.05) is 6.07 Å². The SMILES string of the molecule is CC(C)N(Cc1cccs1)CC1(C=O)CCOC1. The minimum atomic E-state index is -0.290. The number of nitrogens with zero attached hydrogens (tertiary/aromatic N) is 1. The van der Waals surface area contributed by atoms with Gasteiger partial charge in [-0.05, 0) is 31.7 Å². The van der Waals surface area contributed by atoms with Crippen molar-refractivity contribution in [2.45, 2.75) is 32.9 Å². The van der Waals surface area contributed by atoms with Crippen LogP contribution in [0.2, 0.25) is 0 Å². The molecule has 1 aliphatic rings. The van der Waals surface area contributed by atoms with Crippen LogP contribution in [0.15, 0.2) is 17.5 Å². The summed E-state index contributed by atoms with van der Waals surface area (Å²) in [5.41, 5.74) is -0.290. The van der Waals surface area contributed by atoms with Crippen molar-refractivity contribution in [2.75, 3.05) is 19.8 Å². The van der Waals surface area contributed by atoms with Crippen molar-refractivity contribution in [3.63, 3.8) is 0 Å². The first-order valence-corrected chi connectivity index (χ1v) is 7.34. The molecule has 0 aliphatic carbocycles. The van der Waals surface area contributed by atoms with Crippen LogP contribution in [0.3, 0.4) is 0 Å². The highest BCUT2D eigenvalue weighted by atomic mass is 32.1. The monoisotopic (exact) mass is 267 g/mol. The summed E-state index contributed by atoms with van der Waals surface area (Å²) in [5.74, 6) is 0. The van der Waals surface area contributed by atoms with Gasteiger partial charge in [0.05, 0.1) is 12.0 Å². The van der Waals surface area contributed by atoms with Crippen molar-refractivity contribution in [1.29, 1.82) is 0 Å². The Kier molecular flexibility index (Phi) is 4.54. The van der Waals surface area contributed by atoms with Gasteiger partial charge in [0, 0.05) is 30.6 Å². The van der Waals surface area contributed by atoms with E-state index in [0.29, 0.717) is 19.3 Å². The fraction of sp³-hybridized carbons (Fsp3) is 0.643. The number of carbonyl (C=O) groups is 1. The van der Waals surface area contributed by atoms with E-state index in [0.717, 1.165) is 25.8 Å². The zero-order chi connectivity index (χ0) is 13.0. The zero-order valence-electron chi connectivity index (χ0n) is 11.1. The molecule has 0 aromatic carbocycles. The van der Waals surface area contributed by atoms with Gasteiger partial charge >= 0.3 is 0 Å². The van der Waals surface area contributed by atoms with Crippen LogP contribution < -0.4 is 0 Å². The van der Waals surface area contributed by atoms with Crippen molar-refractivity contribution in [1.82, 2.24) is 4.90 Å². The van der Waals surface area contributed by atoms with Crippen LogP contribution in [0, 0.1) is 5.41 Å². The van der Waals surface area contributed by atoms with Crippen molar-refractivity contribution in [3.8, 4) is 0 Å². The van der Waals surface area contributed by atoms with Crippen LogP contribution in [-0.4, -0.2) is 37.0 Å². The van der Waals surface area contributed by atoms with Gasteiger partial charge in [-0.15, -0.1) is 11.3 Å². The van der Waals surface area contributed by atoms with Crippen molar-refractivity contribution in [3.05, 3.63) is 22.4 Å². The summed E-state index contributed by atoms with van der Waals surface area (Å²) in [7, 11) is 0.